The van der Waals surface area contributed by atoms with Crippen molar-refractivity contribution < 1.29 is 5.11 Å². The van der Waals surface area contributed by atoms with E-state index in [1.807, 2.05) is 19.1 Å². The van der Waals surface area contributed by atoms with Crippen LogP contribution >= 0.6 is 0 Å². The third-order valence-electron chi connectivity index (χ3n) is 2.46. The van der Waals surface area contributed by atoms with Crippen molar-refractivity contribution in [3.8, 4) is 0 Å². The second-order valence-electron chi connectivity index (χ2n) is 3.58. The Kier molecular flexibility index (Phi) is 3.81. The average molecular weight is 178 g/mol. The Morgan fingerprint density at radius 2 is 2.00 bits per heavy atom. The number of aliphatic hydroxyl groups excluding tert-OH is 1. The molecule has 0 bridgehead atoms. The van der Waals surface area contributed by atoms with Crippen molar-refractivity contribution in [2.75, 3.05) is 0 Å². The predicted molar refractivity (Wildman–Crippen MR) is 56.7 cm³/mol. The summed E-state index contributed by atoms with van der Waals surface area (Å²) in [5, 5.41) is 9.46. The SMILES string of the molecule is C/C=C\C(O)=C/C1=C(C)CCCC1. The monoisotopic (exact) mass is 178 g/mol. The molecule has 1 N–H and O–H groups in total. The predicted octanol–water partition coefficient (Wildman–Crippen LogP) is 3.89. The van der Waals surface area contributed by atoms with Crippen LogP contribution in [0.15, 0.2) is 35.1 Å². The third-order valence-corrected chi connectivity index (χ3v) is 2.46. The van der Waals surface area contributed by atoms with Crippen LogP contribution in [0.2, 0.25) is 0 Å². The molecule has 1 heteroatoms. The largest absolute Gasteiger partial charge is 0.508 e. The van der Waals surface area contributed by atoms with Crippen molar-refractivity contribution in [2.24, 2.45) is 0 Å². The topological polar surface area (TPSA) is 20.2 Å². The number of hydrogen-bond donors (Lipinski definition) is 1. The summed E-state index contributed by atoms with van der Waals surface area (Å²) in [5.41, 5.74) is 2.75. The van der Waals surface area contributed by atoms with Crippen molar-refractivity contribution >= 4 is 0 Å². The Bertz CT molecular complexity index is 256. The van der Waals surface area contributed by atoms with Gasteiger partial charge in [-0.25, -0.2) is 0 Å². The van der Waals surface area contributed by atoms with Crippen molar-refractivity contribution in [1.29, 1.82) is 0 Å². The van der Waals surface area contributed by atoms with Gasteiger partial charge in [-0.2, -0.15) is 0 Å². The number of aliphatic hydroxyl groups is 1. The normalized spacial score (nSPS) is 20.0. The van der Waals surface area contributed by atoms with Gasteiger partial charge in [0.15, 0.2) is 0 Å². The van der Waals surface area contributed by atoms with Crippen LogP contribution < -0.4 is 0 Å². The van der Waals surface area contributed by atoms with Gasteiger partial charge in [-0.3, -0.25) is 0 Å². The molecular weight excluding hydrogens is 160 g/mol. The summed E-state index contributed by atoms with van der Waals surface area (Å²) in [6.45, 7) is 4.07. The molecule has 0 aliphatic heterocycles. The molecule has 0 saturated carbocycles. The van der Waals surface area contributed by atoms with E-state index < -0.39 is 0 Å². The van der Waals surface area contributed by atoms with Gasteiger partial charge in [0.05, 0.1) is 0 Å². The third kappa shape index (κ3) is 3.10. The molecule has 1 rings (SSSR count). The molecule has 1 aliphatic carbocycles. The van der Waals surface area contributed by atoms with E-state index in [0.717, 1.165) is 6.42 Å². The van der Waals surface area contributed by atoms with Crippen LogP contribution in [0.3, 0.4) is 0 Å². The molecule has 0 spiro atoms. The minimum absolute atomic E-state index is 0.374. The first-order valence-electron chi connectivity index (χ1n) is 4.96. The summed E-state index contributed by atoms with van der Waals surface area (Å²) in [6.07, 6.45) is 10.3. The molecular formula is C12H18O. The van der Waals surface area contributed by atoms with E-state index in [1.54, 1.807) is 6.08 Å². The molecule has 0 aromatic carbocycles. The van der Waals surface area contributed by atoms with Crippen LogP contribution in [0.4, 0.5) is 0 Å². The number of rotatable bonds is 2. The Labute approximate surface area is 80.5 Å². The summed E-state index contributed by atoms with van der Waals surface area (Å²) >= 11 is 0. The maximum atomic E-state index is 9.46. The average Bonchev–Trinajstić information content (AvgIpc) is 2.09. The summed E-state index contributed by atoms with van der Waals surface area (Å²) in [4.78, 5) is 0. The van der Waals surface area contributed by atoms with Gasteiger partial charge in [0.2, 0.25) is 0 Å². The first-order chi connectivity index (χ1) is 6.24. The molecule has 0 unspecified atom stereocenters. The highest BCUT2D eigenvalue weighted by Crippen LogP contribution is 2.25. The maximum Gasteiger partial charge on any atom is 0.115 e. The highest BCUT2D eigenvalue weighted by Gasteiger charge is 2.06. The van der Waals surface area contributed by atoms with Crippen LogP contribution in [0.5, 0.6) is 0 Å². The smallest absolute Gasteiger partial charge is 0.115 e. The van der Waals surface area contributed by atoms with E-state index >= 15 is 0 Å². The van der Waals surface area contributed by atoms with E-state index in [1.165, 1.54) is 30.4 Å². The second kappa shape index (κ2) is 4.90. The molecule has 72 valence electrons. The van der Waals surface area contributed by atoms with Gasteiger partial charge >= 0.3 is 0 Å². The fourth-order valence-corrected chi connectivity index (χ4v) is 1.67. The molecule has 0 amide bonds. The Morgan fingerprint density at radius 3 is 2.62 bits per heavy atom. The van der Waals surface area contributed by atoms with Crippen molar-refractivity contribution in [3.05, 3.63) is 35.1 Å². The van der Waals surface area contributed by atoms with Crippen LogP contribution in [0, 0.1) is 0 Å². The minimum atomic E-state index is 0.374. The van der Waals surface area contributed by atoms with Crippen molar-refractivity contribution in [3.63, 3.8) is 0 Å². The zero-order chi connectivity index (χ0) is 9.68. The Morgan fingerprint density at radius 1 is 1.31 bits per heavy atom. The number of allylic oxidation sites excluding steroid dienone is 5. The molecule has 0 fully saturated rings. The first kappa shape index (κ1) is 10.1. The Balaban J connectivity index is 2.76. The lowest BCUT2D eigenvalue weighted by Gasteiger charge is -2.14. The molecule has 0 saturated heterocycles. The molecule has 0 radical (unpaired) electrons. The maximum absolute atomic E-state index is 9.46. The molecule has 1 nitrogen and oxygen atoms in total. The van der Waals surface area contributed by atoms with E-state index in [-0.39, 0.29) is 0 Å². The highest BCUT2D eigenvalue weighted by molar-refractivity contribution is 5.30. The van der Waals surface area contributed by atoms with Gasteiger partial charge in [0.1, 0.15) is 5.76 Å². The van der Waals surface area contributed by atoms with E-state index in [4.69, 9.17) is 0 Å². The fraction of sp³-hybridized carbons (Fsp3) is 0.500. The van der Waals surface area contributed by atoms with Crippen molar-refractivity contribution in [1.82, 2.24) is 0 Å². The van der Waals surface area contributed by atoms with E-state index in [9.17, 15) is 5.11 Å². The first-order valence-corrected chi connectivity index (χ1v) is 4.96. The minimum Gasteiger partial charge on any atom is -0.508 e. The molecule has 0 heterocycles. The van der Waals surface area contributed by atoms with Gasteiger partial charge in [-0.05, 0) is 57.3 Å². The summed E-state index contributed by atoms with van der Waals surface area (Å²) in [6, 6.07) is 0. The number of hydrogen-bond acceptors (Lipinski definition) is 1. The lowest BCUT2D eigenvalue weighted by Crippen LogP contribution is -1.95. The molecule has 13 heavy (non-hydrogen) atoms. The molecule has 0 aromatic rings. The summed E-state index contributed by atoms with van der Waals surface area (Å²) in [5.74, 6) is 0.374. The quantitative estimate of drug-likeness (QED) is 0.502. The summed E-state index contributed by atoms with van der Waals surface area (Å²) < 4.78 is 0. The van der Waals surface area contributed by atoms with Gasteiger partial charge in [0, 0.05) is 0 Å². The van der Waals surface area contributed by atoms with Crippen LogP contribution in [-0.4, -0.2) is 5.11 Å². The van der Waals surface area contributed by atoms with Gasteiger partial charge < -0.3 is 5.11 Å². The molecule has 1 aliphatic rings. The van der Waals surface area contributed by atoms with E-state index in [2.05, 4.69) is 6.92 Å². The second-order valence-corrected chi connectivity index (χ2v) is 3.58. The summed E-state index contributed by atoms with van der Waals surface area (Å²) in [7, 11) is 0. The Hall–Kier alpha value is -0.980. The zero-order valence-electron chi connectivity index (χ0n) is 8.51. The van der Waals surface area contributed by atoms with Crippen LogP contribution in [-0.2, 0) is 0 Å². The lowest BCUT2D eigenvalue weighted by molar-refractivity contribution is 0.431. The van der Waals surface area contributed by atoms with Crippen LogP contribution in [0.25, 0.3) is 0 Å². The standard InChI is InChI=1S/C12H18O/c1-3-6-12(13)9-11-8-5-4-7-10(11)2/h3,6,9,13H,4-5,7-8H2,1-2H3/b6-3-,12-9+. The van der Waals surface area contributed by atoms with E-state index in [0.29, 0.717) is 5.76 Å². The zero-order valence-corrected chi connectivity index (χ0v) is 8.51. The van der Waals surface area contributed by atoms with Gasteiger partial charge in [-0.15, -0.1) is 0 Å². The molecule has 0 atom stereocenters. The van der Waals surface area contributed by atoms with Gasteiger partial charge in [0.25, 0.3) is 0 Å². The van der Waals surface area contributed by atoms with Crippen LogP contribution in [0.1, 0.15) is 39.5 Å². The molecule has 0 aromatic heterocycles. The van der Waals surface area contributed by atoms with Crippen molar-refractivity contribution in [2.45, 2.75) is 39.5 Å². The lowest BCUT2D eigenvalue weighted by atomic mass is 9.92. The highest BCUT2D eigenvalue weighted by atomic mass is 16.3. The van der Waals surface area contributed by atoms with Gasteiger partial charge in [-0.1, -0.05) is 11.6 Å². The fourth-order valence-electron chi connectivity index (χ4n) is 1.67.